The van der Waals surface area contributed by atoms with Crippen molar-refractivity contribution in [1.82, 2.24) is 19.6 Å². The van der Waals surface area contributed by atoms with Gasteiger partial charge in [0.05, 0.1) is 13.1 Å². The van der Waals surface area contributed by atoms with E-state index in [-0.39, 0.29) is 11.7 Å². The number of hydrogen-bond donors (Lipinski definition) is 2. The van der Waals surface area contributed by atoms with Gasteiger partial charge in [0.15, 0.2) is 16.7 Å². The van der Waals surface area contributed by atoms with Crippen LogP contribution in [0.15, 0.2) is 54.9 Å². The third kappa shape index (κ3) is 5.77. The second-order valence-corrected chi connectivity index (χ2v) is 8.94. The molecule has 0 aliphatic carbocycles. The van der Waals surface area contributed by atoms with E-state index in [0.717, 1.165) is 5.56 Å². The first-order chi connectivity index (χ1) is 15.8. The van der Waals surface area contributed by atoms with Crippen LogP contribution in [0, 0.1) is 5.82 Å². The Morgan fingerprint density at radius 2 is 1.45 bits per heavy atom. The summed E-state index contributed by atoms with van der Waals surface area (Å²) in [4.78, 5) is 0. The Kier molecular flexibility index (Phi) is 7.41. The van der Waals surface area contributed by atoms with E-state index < -0.39 is 5.82 Å². The van der Waals surface area contributed by atoms with E-state index in [1.165, 1.54) is 10.7 Å². The summed E-state index contributed by atoms with van der Waals surface area (Å²) in [6.07, 6.45) is 3.32. The van der Waals surface area contributed by atoms with E-state index >= 15 is 0 Å². The number of nitrogens with one attached hydrogen (secondary N) is 2. The van der Waals surface area contributed by atoms with Crippen LogP contribution in [0.25, 0.3) is 0 Å². The topological polar surface area (TPSA) is 59.7 Å². The minimum Gasteiger partial charge on any atom is -0.316 e. The fourth-order valence-corrected chi connectivity index (χ4v) is 4.16. The maximum Gasteiger partial charge on any atom is 0.177 e. The largest absolute Gasteiger partial charge is 0.316 e. The van der Waals surface area contributed by atoms with Gasteiger partial charge in [0, 0.05) is 44.7 Å². The molecule has 4 aromatic rings. The van der Waals surface area contributed by atoms with Crippen LogP contribution in [0.1, 0.15) is 11.1 Å². The molecule has 2 heterocycles. The number of halogens is 5. The van der Waals surface area contributed by atoms with Crippen LogP contribution in [0.4, 0.5) is 16.0 Å². The SMILES string of the molecule is Fc1cccc(Cl)c1Cn1cc(Cl)c(NC(=S)Nc2ccn(Cc3c(Cl)cccc3Cl)n2)n1. The third-order valence-corrected chi connectivity index (χ3v) is 6.14. The molecule has 0 aliphatic heterocycles. The molecule has 6 nitrogen and oxygen atoms in total. The Balaban J connectivity index is 1.40. The third-order valence-electron chi connectivity index (χ3n) is 4.59. The second-order valence-electron chi connectivity index (χ2n) is 6.90. The highest BCUT2D eigenvalue weighted by Gasteiger charge is 2.13. The van der Waals surface area contributed by atoms with E-state index in [9.17, 15) is 4.39 Å². The molecule has 0 fully saturated rings. The summed E-state index contributed by atoms with van der Waals surface area (Å²) in [6, 6.07) is 11.6. The molecule has 12 heteroatoms. The van der Waals surface area contributed by atoms with Crippen molar-refractivity contribution < 1.29 is 4.39 Å². The van der Waals surface area contributed by atoms with Crippen molar-refractivity contribution >= 4 is 75.4 Å². The first kappa shape index (κ1) is 23.8. The van der Waals surface area contributed by atoms with Crippen LogP contribution < -0.4 is 10.6 Å². The highest BCUT2D eigenvalue weighted by atomic mass is 35.5. The first-order valence-corrected chi connectivity index (χ1v) is 11.4. The van der Waals surface area contributed by atoms with Crippen LogP contribution >= 0.6 is 58.6 Å². The van der Waals surface area contributed by atoms with Gasteiger partial charge >= 0.3 is 0 Å². The second kappa shape index (κ2) is 10.3. The highest BCUT2D eigenvalue weighted by molar-refractivity contribution is 7.80. The summed E-state index contributed by atoms with van der Waals surface area (Å²) in [5, 5.41) is 16.6. The molecule has 170 valence electrons. The lowest BCUT2D eigenvalue weighted by atomic mass is 10.2. The van der Waals surface area contributed by atoms with Gasteiger partial charge in [-0.05, 0) is 36.5 Å². The van der Waals surface area contributed by atoms with E-state index in [1.807, 2.05) is 0 Å². The highest BCUT2D eigenvalue weighted by Crippen LogP contribution is 2.26. The van der Waals surface area contributed by atoms with E-state index in [0.29, 0.717) is 43.8 Å². The Bertz CT molecular complexity index is 1280. The van der Waals surface area contributed by atoms with Gasteiger partial charge in [-0.2, -0.15) is 10.2 Å². The maximum atomic E-state index is 14.1. The van der Waals surface area contributed by atoms with Gasteiger partial charge in [0.1, 0.15) is 10.8 Å². The number of nitrogens with zero attached hydrogens (tertiary/aromatic N) is 4. The number of benzene rings is 2. The minimum absolute atomic E-state index is 0.113. The van der Waals surface area contributed by atoms with Crippen LogP contribution in [0.3, 0.4) is 0 Å². The summed E-state index contributed by atoms with van der Waals surface area (Å²) in [5.74, 6) is 0.391. The van der Waals surface area contributed by atoms with E-state index in [4.69, 9.17) is 58.6 Å². The summed E-state index contributed by atoms with van der Waals surface area (Å²) in [5.41, 5.74) is 1.08. The predicted molar refractivity (Wildman–Crippen MR) is 135 cm³/mol. The zero-order valence-electron chi connectivity index (χ0n) is 16.7. The van der Waals surface area contributed by atoms with E-state index in [2.05, 4.69) is 20.8 Å². The molecule has 0 unspecified atom stereocenters. The molecule has 0 bridgehead atoms. The molecule has 2 N–H and O–H groups in total. The molecule has 0 aliphatic rings. The fraction of sp³-hybridized carbons (Fsp3) is 0.0952. The monoisotopic (exact) mass is 542 g/mol. The van der Waals surface area contributed by atoms with Crippen molar-refractivity contribution in [2.45, 2.75) is 13.1 Å². The van der Waals surface area contributed by atoms with Crippen molar-refractivity contribution in [3.05, 3.63) is 91.9 Å². The first-order valence-electron chi connectivity index (χ1n) is 9.50. The molecular weight excluding hydrogens is 529 g/mol. The van der Waals surface area contributed by atoms with Gasteiger partial charge in [-0.25, -0.2) is 4.39 Å². The smallest absolute Gasteiger partial charge is 0.177 e. The Labute approximate surface area is 214 Å². The molecule has 0 amide bonds. The molecule has 0 saturated carbocycles. The lowest BCUT2D eigenvalue weighted by Crippen LogP contribution is -2.20. The van der Waals surface area contributed by atoms with Crippen molar-refractivity contribution in [2.75, 3.05) is 10.6 Å². The average molecular weight is 544 g/mol. The number of hydrogen-bond acceptors (Lipinski definition) is 3. The molecule has 4 rings (SSSR count). The Morgan fingerprint density at radius 3 is 2.15 bits per heavy atom. The molecular formula is C21H15Cl4FN6S. The quantitative estimate of drug-likeness (QED) is 0.264. The molecule has 0 radical (unpaired) electrons. The normalized spacial score (nSPS) is 10.9. The predicted octanol–water partition coefficient (Wildman–Crippen LogP) is 6.74. The molecule has 0 saturated heterocycles. The minimum atomic E-state index is -0.422. The van der Waals surface area contributed by atoms with Crippen molar-refractivity contribution in [1.29, 1.82) is 0 Å². The Morgan fingerprint density at radius 1 is 0.818 bits per heavy atom. The van der Waals surface area contributed by atoms with Crippen molar-refractivity contribution in [3.63, 3.8) is 0 Å². The van der Waals surface area contributed by atoms with Crippen LogP contribution in [0.2, 0.25) is 20.1 Å². The van der Waals surface area contributed by atoms with Gasteiger partial charge in [0.2, 0.25) is 0 Å². The van der Waals surface area contributed by atoms with Gasteiger partial charge in [-0.3, -0.25) is 9.36 Å². The zero-order chi connectivity index (χ0) is 23.5. The Hall–Kier alpha value is -2.36. The number of aromatic nitrogens is 4. The number of rotatable bonds is 6. The fourth-order valence-electron chi connectivity index (χ4n) is 3.03. The lowest BCUT2D eigenvalue weighted by molar-refractivity contribution is 0.586. The maximum absolute atomic E-state index is 14.1. The molecule has 0 atom stereocenters. The van der Waals surface area contributed by atoms with Gasteiger partial charge < -0.3 is 10.6 Å². The summed E-state index contributed by atoms with van der Waals surface area (Å²) < 4.78 is 17.2. The molecule has 33 heavy (non-hydrogen) atoms. The summed E-state index contributed by atoms with van der Waals surface area (Å²) in [7, 11) is 0. The van der Waals surface area contributed by atoms with Crippen molar-refractivity contribution in [3.8, 4) is 0 Å². The molecule has 2 aromatic carbocycles. The van der Waals surface area contributed by atoms with Gasteiger partial charge in [-0.1, -0.05) is 58.5 Å². The number of anilines is 2. The zero-order valence-corrected chi connectivity index (χ0v) is 20.5. The van der Waals surface area contributed by atoms with Crippen molar-refractivity contribution in [2.24, 2.45) is 0 Å². The number of thiocarbonyl (C=S) groups is 1. The van der Waals surface area contributed by atoms with Crippen LogP contribution in [-0.4, -0.2) is 24.7 Å². The molecule has 0 spiro atoms. The van der Waals surface area contributed by atoms with Gasteiger partial charge in [0.25, 0.3) is 0 Å². The van der Waals surface area contributed by atoms with E-state index in [1.54, 1.807) is 53.5 Å². The standard InChI is InChI=1S/C21H15Cl4FN6S/c22-14-3-1-4-15(23)12(14)9-31-8-7-19(29-31)27-21(33)28-20-17(25)11-32(30-20)10-13-16(24)5-2-6-18(13)26/h1-8,11H,9-10H2,(H2,27,28,29,30,33). The average Bonchev–Trinajstić information content (AvgIpc) is 3.33. The molecule has 2 aromatic heterocycles. The van der Waals surface area contributed by atoms with Gasteiger partial charge in [-0.15, -0.1) is 0 Å². The van der Waals surface area contributed by atoms with Crippen LogP contribution in [-0.2, 0) is 13.1 Å². The lowest BCUT2D eigenvalue weighted by Gasteiger charge is -2.08. The van der Waals surface area contributed by atoms with Crippen LogP contribution in [0.5, 0.6) is 0 Å². The summed E-state index contributed by atoms with van der Waals surface area (Å²) >= 11 is 30.1. The summed E-state index contributed by atoms with van der Waals surface area (Å²) in [6.45, 7) is 0.511.